The fourth-order valence-corrected chi connectivity index (χ4v) is 3.24. The van der Waals surface area contributed by atoms with E-state index in [1.807, 2.05) is 0 Å². The van der Waals surface area contributed by atoms with Crippen LogP contribution in [0.3, 0.4) is 0 Å². The number of nitrogens with one attached hydrogen (secondary N) is 1. The second kappa shape index (κ2) is 11.0. The van der Waals surface area contributed by atoms with Crippen LogP contribution in [0, 0.1) is 0 Å². The maximum Gasteiger partial charge on any atom is 0.416 e. The first-order chi connectivity index (χ1) is 16.1. The molecule has 0 aliphatic carbocycles. The van der Waals surface area contributed by atoms with Gasteiger partial charge in [-0.3, -0.25) is 14.4 Å². The number of halogens is 4. The zero-order valence-electron chi connectivity index (χ0n) is 17.6. The van der Waals surface area contributed by atoms with Gasteiger partial charge in [0.15, 0.2) is 6.10 Å². The van der Waals surface area contributed by atoms with Crippen molar-refractivity contribution >= 4 is 34.9 Å². The van der Waals surface area contributed by atoms with E-state index < -0.39 is 41.9 Å². The molecular formula is C25H19ClF3NO4. The number of anilines is 1. The van der Waals surface area contributed by atoms with Gasteiger partial charge in [-0.1, -0.05) is 72.3 Å². The molecule has 0 saturated heterocycles. The summed E-state index contributed by atoms with van der Waals surface area (Å²) >= 11 is 5.87. The summed E-state index contributed by atoms with van der Waals surface area (Å²) in [7, 11) is 0. The minimum absolute atomic E-state index is 0.0819. The van der Waals surface area contributed by atoms with Crippen LogP contribution in [-0.2, 0) is 20.5 Å². The van der Waals surface area contributed by atoms with Gasteiger partial charge in [-0.15, -0.1) is 0 Å². The summed E-state index contributed by atoms with van der Waals surface area (Å²) in [5.74, 6) is -1.98. The number of esters is 1. The summed E-state index contributed by atoms with van der Waals surface area (Å²) < 4.78 is 44.1. The van der Waals surface area contributed by atoms with Crippen molar-refractivity contribution in [3.63, 3.8) is 0 Å². The monoisotopic (exact) mass is 489 g/mol. The molecule has 0 unspecified atom stereocenters. The van der Waals surface area contributed by atoms with E-state index in [2.05, 4.69) is 5.32 Å². The van der Waals surface area contributed by atoms with Crippen LogP contribution in [0.4, 0.5) is 18.9 Å². The zero-order valence-corrected chi connectivity index (χ0v) is 18.4. The van der Waals surface area contributed by atoms with E-state index in [1.165, 1.54) is 0 Å². The molecule has 9 heteroatoms. The Kier molecular flexibility index (Phi) is 8.07. The average Bonchev–Trinajstić information content (AvgIpc) is 2.82. The number of Topliss-reactive ketones (excluding diaryl/α,β-unsaturated/α-hetero) is 1. The van der Waals surface area contributed by atoms with E-state index in [0.717, 1.165) is 12.1 Å². The molecule has 3 aromatic carbocycles. The number of hydrogen-bond donors (Lipinski definition) is 1. The first-order valence-electron chi connectivity index (χ1n) is 10.2. The lowest BCUT2D eigenvalue weighted by Crippen LogP contribution is -2.21. The number of carbonyl (C=O) groups excluding carboxylic acids is 3. The fraction of sp³-hybridized carbons (Fsp3) is 0.160. The van der Waals surface area contributed by atoms with Crippen LogP contribution in [0.1, 0.15) is 40.4 Å². The first kappa shape index (κ1) is 25.0. The predicted molar refractivity (Wildman–Crippen MR) is 120 cm³/mol. The van der Waals surface area contributed by atoms with E-state index in [4.69, 9.17) is 16.3 Å². The van der Waals surface area contributed by atoms with Gasteiger partial charge >= 0.3 is 12.1 Å². The Hall–Kier alpha value is -3.65. The number of carbonyl (C=O) groups is 3. The molecule has 1 N–H and O–H groups in total. The third kappa shape index (κ3) is 6.68. The summed E-state index contributed by atoms with van der Waals surface area (Å²) in [4.78, 5) is 37.6. The van der Waals surface area contributed by atoms with E-state index in [0.29, 0.717) is 17.2 Å². The normalized spacial score (nSPS) is 12.0. The fourth-order valence-electron chi connectivity index (χ4n) is 3.07. The maximum atomic E-state index is 12.9. The van der Waals surface area contributed by atoms with Gasteiger partial charge in [-0.05, 0) is 18.2 Å². The standard InChI is InChI=1S/C25H19ClF3NO4/c26-19-12-11-18(25(27,28)29)15-20(19)30-21(31)13-14-22(32)34-24(17-9-5-2-6-10-17)23(33)16-7-3-1-4-8-16/h1-12,15,24H,13-14H2,(H,30,31)/t24-/m0/s1. The Morgan fingerprint density at radius 1 is 0.882 bits per heavy atom. The second-order valence-electron chi connectivity index (χ2n) is 7.25. The minimum Gasteiger partial charge on any atom is -0.449 e. The molecule has 0 radical (unpaired) electrons. The summed E-state index contributed by atoms with van der Waals surface area (Å²) in [6, 6.07) is 19.2. The minimum atomic E-state index is -4.61. The zero-order chi connectivity index (χ0) is 24.7. The van der Waals surface area contributed by atoms with Crippen LogP contribution in [0.25, 0.3) is 0 Å². The van der Waals surface area contributed by atoms with E-state index in [-0.39, 0.29) is 17.1 Å². The topological polar surface area (TPSA) is 72.5 Å². The van der Waals surface area contributed by atoms with Gasteiger partial charge in [-0.25, -0.2) is 0 Å². The second-order valence-corrected chi connectivity index (χ2v) is 7.66. The largest absolute Gasteiger partial charge is 0.449 e. The lowest BCUT2D eigenvalue weighted by Gasteiger charge is -2.17. The molecule has 0 heterocycles. The van der Waals surface area contributed by atoms with Crippen molar-refractivity contribution in [2.45, 2.75) is 25.1 Å². The highest BCUT2D eigenvalue weighted by molar-refractivity contribution is 6.33. The van der Waals surface area contributed by atoms with Crippen molar-refractivity contribution in [1.82, 2.24) is 0 Å². The molecule has 0 aliphatic rings. The highest BCUT2D eigenvalue weighted by atomic mass is 35.5. The number of ketones is 1. The highest BCUT2D eigenvalue weighted by Gasteiger charge is 2.31. The first-order valence-corrected chi connectivity index (χ1v) is 10.5. The summed E-state index contributed by atoms with van der Waals surface area (Å²) in [6.45, 7) is 0. The number of rotatable bonds is 8. The van der Waals surface area contributed by atoms with Gasteiger partial charge in [0.1, 0.15) is 0 Å². The number of ether oxygens (including phenoxy) is 1. The molecule has 0 aromatic heterocycles. The van der Waals surface area contributed by atoms with Gasteiger partial charge in [0, 0.05) is 17.5 Å². The molecule has 0 saturated carbocycles. The Labute approximate surface area is 198 Å². The molecule has 0 spiro atoms. The lowest BCUT2D eigenvalue weighted by atomic mass is 10.00. The van der Waals surface area contributed by atoms with Crippen molar-refractivity contribution in [1.29, 1.82) is 0 Å². The Balaban J connectivity index is 1.65. The molecule has 1 atom stereocenters. The smallest absolute Gasteiger partial charge is 0.416 e. The van der Waals surface area contributed by atoms with Crippen LogP contribution in [0.15, 0.2) is 78.9 Å². The van der Waals surface area contributed by atoms with Gasteiger partial charge < -0.3 is 10.1 Å². The lowest BCUT2D eigenvalue weighted by molar-refractivity contribution is -0.148. The molecule has 3 aromatic rings. The van der Waals surface area contributed by atoms with E-state index >= 15 is 0 Å². The molecule has 5 nitrogen and oxygen atoms in total. The summed E-state index contributed by atoms with van der Waals surface area (Å²) in [5.41, 5.74) is -0.390. The van der Waals surface area contributed by atoms with Crippen LogP contribution >= 0.6 is 11.6 Å². The van der Waals surface area contributed by atoms with E-state index in [9.17, 15) is 27.6 Å². The third-order valence-electron chi connectivity index (χ3n) is 4.77. The predicted octanol–water partition coefficient (Wildman–Crippen LogP) is 6.24. The summed E-state index contributed by atoms with van der Waals surface area (Å²) in [6.07, 6.45) is -6.59. The van der Waals surface area contributed by atoms with Crippen molar-refractivity contribution in [3.05, 3.63) is 101 Å². The van der Waals surface area contributed by atoms with Gasteiger partial charge in [0.05, 0.1) is 22.7 Å². The third-order valence-corrected chi connectivity index (χ3v) is 5.10. The Morgan fingerprint density at radius 2 is 1.50 bits per heavy atom. The van der Waals surface area contributed by atoms with Gasteiger partial charge in [0.25, 0.3) is 0 Å². The van der Waals surface area contributed by atoms with Crippen LogP contribution in [0.5, 0.6) is 0 Å². The van der Waals surface area contributed by atoms with Crippen LogP contribution < -0.4 is 5.32 Å². The Morgan fingerprint density at radius 3 is 2.12 bits per heavy atom. The van der Waals surface area contributed by atoms with Crippen molar-refractivity contribution in [2.75, 3.05) is 5.32 Å². The summed E-state index contributed by atoms with van der Waals surface area (Å²) in [5, 5.41) is 2.18. The maximum absolute atomic E-state index is 12.9. The van der Waals surface area contributed by atoms with Gasteiger partial charge in [-0.2, -0.15) is 13.2 Å². The number of amides is 1. The molecule has 176 valence electrons. The van der Waals surface area contributed by atoms with Crippen LogP contribution in [0.2, 0.25) is 5.02 Å². The van der Waals surface area contributed by atoms with Crippen molar-refractivity contribution < 1.29 is 32.3 Å². The molecule has 34 heavy (non-hydrogen) atoms. The molecule has 0 fully saturated rings. The highest BCUT2D eigenvalue weighted by Crippen LogP contribution is 2.34. The molecule has 1 amide bonds. The number of alkyl halides is 3. The number of benzene rings is 3. The van der Waals surface area contributed by atoms with Crippen molar-refractivity contribution in [2.24, 2.45) is 0 Å². The van der Waals surface area contributed by atoms with Crippen LogP contribution in [-0.4, -0.2) is 17.7 Å². The SMILES string of the molecule is O=C(CCC(=O)O[C@H](C(=O)c1ccccc1)c1ccccc1)Nc1cc(C(F)(F)F)ccc1Cl. The molecule has 0 bridgehead atoms. The number of hydrogen-bond acceptors (Lipinski definition) is 4. The van der Waals surface area contributed by atoms with Gasteiger partial charge in [0.2, 0.25) is 11.7 Å². The average molecular weight is 490 g/mol. The quantitative estimate of drug-likeness (QED) is 0.300. The molecule has 3 rings (SSSR count). The molecule has 0 aliphatic heterocycles. The van der Waals surface area contributed by atoms with Crippen molar-refractivity contribution in [3.8, 4) is 0 Å². The Bertz CT molecular complexity index is 1170. The van der Waals surface area contributed by atoms with E-state index in [1.54, 1.807) is 60.7 Å². The molecular weight excluding hydrogens is 471 g/mol.